The van der Waals surface area contributed by atoms with Crippen molar-refractivity contribution >= 4 is 11.6 Å². The lowest BCUT2D eigenvalue weighted by Crippen LogP contribution is -2.49. The molecule has 2 rings (SSSR count). The Labute approximate surface area is 109 Å². The van der Waals surface area contributed by atoms with E-state index in [2.05, 4.69) is 19.2 Å². The summed E-state index contributed by atoms with van der Waals surface area (Å²) in [4.78, 5) is 14.3. The van der Waals surface area contributed by atoms with Gasteiger partial charge < -0.3 is 10.2 Å². The van der Waals surface area contributed by atoms with Crippen LogP contribution >= 0.6 is 0 Å². The molecular weight excluding hydrogens is 224 g/mol. The van der Waals surface area contributed by atoms with Crippen molar-refractivity contribution in [1.82, 2.24) is 4.90 Å². The topological polar surface area (TPSA) is 32.3 Å². The van der Waals surface area contributed by atoms with Gasteiger partial charge in [0, 0.05) is 17.8 Å². The summed E-state index contributed by atoms with van der Waals surface area (Å²) < 4.78 is 0. The van der Waals surface area contributed by atoms with Crippen LogP contribution in [0.3, 0.4) is 0 Å². The standard InChI is InChI=1S/C15H22N2O/c1-12-7-6-8-13(2)17(12)15(18)11-16-14-9-4-3-5-10-14/h3-5,9-10,12-13,16H,6-8,11H2,1-2H3. The molecule has 1 aromatic carbocycles. The minimum Gasteiger partial charge on any atom is -0.376 e. The predicted octanol–water partition coefficient (Wildman–Crippen LogP) is 2.89. The summed E-state index contributed by atoms with van der Waals surface area (Å²) in [6.07, 6.45) is 3.49. The van der Waals surface area contributed by atoms with Crippen molar-refractivity contribution in [3.63, 3.8) is 0 Å². The molecular formula is C15H22N2O. The number of likely N-dealkylation sites (tertiary alicyclic amines) is 1. The highest BCUT2D eigenvalue weighted by Crippen LogP contribution is 2.22. The molecule has 2 unspecified atom stereocenters. The van der Waals surface area contributed by atoms with Crippen molar-refractivity contribution in [3.8, 4) is 0 Å². The molecule has 1 aromatic rings. The van der Waals surface area contributed by atoms with Gasteiger partial charge in [0.2, 0.25) is 5.91 Å². The fourth-order valence-electron chi connectivity index (χ4n) is 2.74. The molecule has 0 radical (unpaired) electrons. The fraction of sp³-hybridized carbons (Fsp3) is 0.533. The van der Waals surface area contributed by atoms with Gasteiger partial charge in [-0.05, 0) is 45.2 Å². The Kier molecular flexibility index (Phi) is 4.24. The third kappa shape index (κ3) is 3.03. The Balaban J connectivity index is 1.91. The van der Waals surface area contributed by atoms with Gasteiger partial charge in [-0.2, -0.15) is 0 Å². The minimum absolute atomic E-state index is 0.207. The summed E-state index contributed by atoms with van der Waals surface area (Å²) in [5.41, 5.74) is 1.00. The van der Waals surface area contributed by atoms with Crippen LogP contribution in [0.25, 0.3) is 0 Å². The number of nitrogens with zero attached hydrogens (tertiary/aromatic N) is 1. The van der Waals surface area contributed by atoms with Gasteiger partial charge in [-0.25, -0.2) is 0 Å². The molecule has 1 aliphatic heterocycles. The summed E-state index contributed by atoms with van der Waals surface area (Å²) >= 11 is 0. The van der Waals surface area contributed by atoms with Crippen LogP contribution in [0.1, 0.15) is 33.1 Å². The lowest BCUT2D eigenvalue weighted by molar-refractivity contribution is -0.135. The quantitative estimate of drug-likeness (QED) is 0.889. The van der Waals surface area contributed by atoms with Crippen molar-refractivity contribution in [2.45, 2.75) is 45.2 Å². The molecule has 3 heteroatoms. The smallest absolute Gasteiger partial charge is 0.242 e. The number of amides is 1. The van der Waals surface area contributed by atoms with E-state index in [0.717, 1.165) is 18.5 Å². The molecule has 18 heavy (non-hydrogen) atoms. The normalized spacial score (nSPS) is 23.8. The average Bonchev–Trinajstić information content (AvgIpc) is 2.37. The Morgan fingerprint density at radius 3 is 2.44 bits per heavy atom. The Morgan fingerprint density at radius 2 is 1.83 bits per heavy atom. The first kappa shape index (κ1) is 12.9. The van der Waals surface area contributed by atoms with E-state index in [9.17, 15) is 4.79 Å². The second-order valence-corrected chi connectivity index (χ2v) is 5.15. The molecule has 2 atom stereocenters. The van der Waals surface area contributed by atoms with Gasteiger partial charge in [0.25, 0.3) is 0 Å². The van der Waals surface area contributed by atoms with E-state index in [0.29, 0.717) is 18.6 Å². The SMILES string of the molecule is CC1CCCC(C)N1C(=O)CNc1ccccc1. The third-order valence-electron chi connectivity index (χ3n) is 3.70. The average molecular weight is 246 g/mol. The first-order valence-electron chi connectivity index (χ1n) is 6.78. The van der Waals surface area contributed by atoms with E-state index in [1.54, 1.807) is 0 Å². The molecule has 0 spiro atoms. The van der Waals surface area contributed by atoms with Crippen LogP contribution in [-0.4, -0.2) is 29.4 Å². The number of carbonyl (C=O) groups is 1. The molecule has 1 heterocycles. The van der Waals surface area contributed by atoms with Gasteiger partial charge in [0.15, 0.2) is 0 Å². The Hall–Kier alpha value is -1.51. The number of nitrogens with one attached hydrogen (secondary N) is 1. The summed E-state index contributed by atoms with van der Waals surface area (Å²) in [6, 6.07) is 10.6. The minimum atomic E-state index is 0.207. The number of carbonyl (C=O) groups excluding carboxylic acids is 1. The summed E-state index contributed by atoms with van der Waals surface area (Å²) in [5, 5.41) is 3.19. The second-order valence-electron chi connectivity index (χ2n) is 5.15. The molecule has 0 aromatic heterocycles. The van der Waals surface area contributed by atoms with E-state index in [1.807, 2.05) is 35.2 Å². The molecule has 0 aliphatic carbocycles. The van der Waals surface area contributed by atoms with Crippen LogP contribution in [0.5, 0.6) is 0 Å². The van der Waals surface area contributed by atoms with Crippen molar-refractivity contribution in [1.29, 1.82) is 0 Å². The first-order chi connectivity index (χ1) is 8.68. The van der Waals surface area contributed by atoms with E-state index >= 15 is 0 Å². The van der Waals surface area contributed by atoms with Crippen molar-refractivity contribution < 1.29 is 4.79 Å². The number of rotatable bonds is 3. The fourth-order valence-corrected chi connectivity index (χ4v) is 2.74. The van der Waals surface area contributed by atoms with E-state index in [4.69, 9.17) is 0 Å². The monoisotopic (exact) mass is 246 g/mol. The predicted molar refractivity (Wildman–Crippen MR) is 74.6 cm³/mol. The molecule has 1 N–H and O–H groups in total. The van der Waals surface area contributed by atoms with Gasteiger partial charge in [-0.1, -0.05) is 18.2 Å². The Bertz CT molecular complexity index is 381. The Morgan fingerprint density at radius 1 is 1.22 bits per heavy atom. The van der Waals surface area contributed by atoms with Crippen molar-refractivity contribution in [2.24, 2.45) is 0 Å². The number of benzene rings is 1. The molecule has 1 fully saturated rings. The number of para-hydroxylation sites is 1. The van der Waals surface area contributed by atoms with Crippen LogP contribution in [0.2, 0.25) is 0 Å². The molecule has 1 amide bonds. The highest BCUT2D eigenvalue weighted by Gasteiger charge is 2.28. The molecule has 0 saturated carbocycles. The molecule has 0 bridgehead atoms. The molecule has 98 valence electrons. The maximum absolute atomic E-state index is 12.3. The van der Waals surface area contributed by atoms with E-state index in [-0.39, 0.29) is 5.91 Å². The summed E-state index contributed by atoms with van der Waals surface area (Å²) in [6.45, 7) is 4.69. The van der Waals surface area contributed by atoms with Crippen LogP contribution < -0.4 is 5.32 Å². The van der Waals surface area contributed by atoms with Crippen molar-refractivity contribution in [2.75, 3.05) is 11.9 Å². The lowest BCUT2D eigenvalue weighted by atomic mass is 9.97. The van der Waals surface area contributed by atoms with Gasteiger partial charge in [-0.15, -0.1) is 0 Å². The van der Waals surface area contributed by atoms with Crippen LogP contribution in [0.4, 0.5) is 5.69 Å². The lowest BCUT2D eigenvalue weighted by Gasteiger charge is -2.39. The largest absolute Gasteiger partial charge is 0.376 e. The van der Waals surface area contributed by atoms with Crippen LogP contribution in [0, 0.1) is 0 Å². The van der Waals surface area contributed by atoms with Gasteiger partial charge in [0.05, 0.1) is 6.54 Å². The second kappa shape index (κ2) is 5.89. The zero-order valence-corrected chi connectivity index (χ0v) is 11.2. The highest BCUT2D eigenvalue weighted by atomic mass is 16.2. The molecule has 1 aliphatic rings. The van der Waals surface area contributed by atoms with Crippen molar-refractivity contribution in [3.05, 3.63) is 30.3 Å². The maximum atomic E-state index is 12.3. The maximum Gasteiger partial charge on any atom is 0.242 e. The van der Waals surface area contributed by atoms with Gasteiger partial charge >= 0.3 is 0 Å². The number of hydrogen-bond donors (Lipinski definition) is 1. The van der Waals surface area contributed by atoms with Crippen LogP contribution in [-0.2, 0) is 4.79 Å². The van der Waals surface area contributed by atoms with Gasteiger partial charge in [-0.3, -0.25) is 4.79 Å². The molecule has 3 nitrogen and oxygen atoms in total. The highest BCUT2D eigenvalue weighted by molar-refractivity contribution is 5.81. The summed E-state index contributed by atoms with van der Waals surface area (Å²) in [7, 11) is 0. The zero-order chi connectivity index (χ0) is 13.0. The number of hydrogen-bond acceptors (Lipinski definition) is 2. The van der Waals surface area contributed by atoms with E-state index < -0.39 is 0 Å². The molecule has 1 saturated heterocycles. The third-order valence-corrected chi connectivity index (χ3v) is 3.70. The number of piperidine rings is 1. The van der Waals surface area contributed by atoms with E-state index in [1.165, 1.54) is 6.42 Å². The first-order valence-corrected chi connectivity index (χ1v) is 6.78. The number of anilines is 1. The summed E-state index contributed by atoms with van der Waals surface area (Å²) in [5.74, 6) is 0.207. The zero-order valence-electron chi connectivity index (χ0n) is 11.2. The van der Waals surface area contributed by atoms with Gasteiger partial charge in [0.1, 0.15) is 0 Å². The van der Waals surface area contributed by atoms with Crippen LogP contribution in [0.15, 0.2) is 30.3 Å².